The van der Waals surface area contributed by atoms with Crippen molar-refractivity contribution >= 4 is 17.0 Å². The molecule has 1 aromatic heterocycles. The lowest BCUT2D eigenvalue weighted by Gasteiger charge is -1.93. The van der Waals surface area contributed by atoms with E-state index in [4.69, 9.17) is 11.0 Å². The molecule has 0 atom stereocenters. The summed E-state index contributed by atoms with van der Waals surface area (Å²) in [5.41, 5.74) is 4.94. The zero-order chi connectivity index (χ0) is 11.1. The van der Waals surface area contributed by atoms with E-state index >= 15 is 0 Å². The van der Waals surface area contributed by atoms with Crippen LogP contribution in [0, 0.1) is 17.8 Å². The summed E-state index contributed by atoms with van der Waals surface area (Å²) in [4.78, 5) is 11.6. The second-order valence-corrected chi connectivity index (χ2v) is 3.60. The number of amides is 1. The number of aromatic nitrogens is 4. The number of rotatable bonds is 5. The number of nitrogens with zero attached hydrogens (tertiary/aromatic N) is 5. The maximum atomic E-state index is 10.4. The van der Waals surface area contributed by atoms with Gasteiger partial charge in [0.2, 0.25) is 0 Å². The van der Waals surface area contributed by atoms with Gasteiger partial charge >= 0.3 is 0 Å². The highest BCUT2D eigenvalue weighted by Gasteiger charge is 2.03. The molecule has 0 saturated heterocycles. The predicted molar refractivity (Wildman–Crippen MR) is 53.5 cm³/mol. The molecule has 1 rings (SSSR count). The molecule has 0 aliphatic heterocycles. The summed E-state index contributed by atoms with van der Waals surface area (Å²) in [6.07, 6.45) is 2.36. The van der Waals surface area contributed by atoms with Crippen molar-refractivity contribution in [2.45, 2.75) is 13.0 Å². The molecule has 0 spiro atoms. The number of hydrogen-bond acceptors (Lipinski definition) is 6. The third kappa shape index (κ3) is 4.42. The van der Waals surface area contributed by atoms with Crippen LogP contribution in [-0.2, 0) is 6.54 Å². The van der Waals surface area contributed by atoms with Crippen molar-refractivity contribution in [1.82, 2.24) is 20.2 Å². The van der Waals surface area contributed by atoms with Crippen molar-refractivity contribution in [3.63, 3.8) is 0 Å². The normalized spacial score (nSPS) is 9.80. The fraction of sp³-hybridized carbons (Fsp3) is 0.429. The Labute approximate surface area is 90.6 Å². The summed E-state index contributed by atoms with van der Waals surface area (Å²) >= 11 is 1.04. The van der Waals surface area contributed by atoms with Crippen molar-refractivity contribution in [2.75, 3.05) is 5.75 Å². The molecule has 1 aromatic rings. The van der Waals surface area contributed by atoms with E-state index in [9.17, 15) is 4.79 Å². The number of hydrogen-bond donors (Lipinski definition) is 1. The van der Waals surface area contributed by atoms with Crippen molar-refractivity contribution in [3.8, 4) is 6.07 Å². The Morgan fingerprint density at radius 3 is 3.20 bits per heavy atom. The lowest BCUT2D eigenvalue weighted by atomic mass is 10.3. The topological polar surface area (TPSA) is 110 Å². The average molecular weight is 225 g/mol. The molecule has 79 valence electrons. The number of nitriles is 1. The third-order valence-corrected chi connectivity index (χ3v) is 2.09. The number of nitrogens with two attached hydrogens (primary N) is 1. The summed E-state index contributed by atoms with van der Waals surface area (Å²) in [7, 11) is 0. The van der Waals surface area contributed by atoms with Crippen LogP contribution in [0.2, 0.25) is 0 Å². The molecule has 1 radical (unpaired) electrons. The highest BCUT2D eigenvalue weighted by molar-refractivity contribution is 8.13. The average Bonchev–Trinajstić information content (AvgIpc) is 2.61. The van der Waals surface area contributed by atoms with Crippen molar-refractivity contribution in [1.29, 1.82) is 5.26 Å². The van der Waals surface area contributed by atoms with Crippen LogP contribution in [0.15, 0.2) is 0 Å². The van der Waals surface area contributed by atoms with E-state index < -0.39 is 5.24 Å². The van der Waals surface area contributed by atoms with Crippen LogP contribution in [0.1, 0.15) is 12.2 Å². The summed E-state index contributed by atoms with van der Waals surface area (Å²) in [6, 6.07) is 1.90. The summed E-state index contributed by atoms with van der Waals surface area (Å²) in [6.45, 7) is 0.0802. The smallest absolute Gasteiger partial charge is 0.276 e. The van der Waals surface area contributed by atoms with Gasteiger partial charge in [0.05, 0.1) is 6.07 Å². The first kappa shape index (κ1) is 11.5. The molecule has 2 N–H and O–H groups in total. The second kappa shape index (κ2) is 5.98. The minimum atomic E-state index is -0.399. The van der Waals surface area contributed by atoms with Gasteiger partial charge in [-0.1, -0.05) is 11.8 Å². The summed E-state index contributed by atoms with van der Waals surface area (Å²) in [5.74, 6) is 1.04. The molecule has 0 aliphatic carbocycles. The minimum Gasteiger partial charge on any atom is -0.361 e. The summed E-state index contributed by atoms with van der Waals surface area (Å²) in [5, 5.41) is 19.2. The molecular weight excluding hydrogens is 216 g/mol. The molecule has 0 aliphatic rings. The number of primary amides is 1. The number of carbonyl (C=O) groups excluding carboxylic acids is 1. The molecule has 8 heteroatoms. The van der Waals surface area contributed by atoms with E-state index in [-0.39, 0.29) is 6.54 Å². The zero-order valence-corrected chi connectivity index (χ0v) is 8.65. The molecule has 0 bridgehead atoms. The van der Waals surface area contributed by atoms with Gasteiger partial charge < -0.3 is 5.73 Å². The monoisotopic (exact) mass is 225 g/mol. The van der Waals surface area contributed by atoms with Crippen LogP contribution in [-0.4, -0.2) is 31.2 Å². The van der Waals surface area contributed by atoms with Crippen LogP contribution < -0.4 is 5.73 Å². The fourth-order valence-corrected chi connectivity index (χ4v) is 1.25. The Balaban J connectivity index is 2.26. The van der Waals surface area contributed by atoms with E-state index in [0.717, 1.165) is 11.8 Å². The Morgan fingerprint density at radius 2 is 2.53 bits per heavy atom. The predicted octanol–water partition coefficient (Wildman–Crippen LogP) is -0.0489. The highest BCUT2D eigenvalue weighted by Crippen LogP contribution is 2.05. The van der Waals surface area contributed by atoms with E-state index in [1.54, 1.807) is 6.42 Å². The van der Waals surface area contributed by atoms with Crippen LogP contribution >= 0.6 is 11.8 Å². The Morgan fingerprint density at radius 1 is 1.73 bits per heavy atom. The van der Waals surface area contributed by atoms with Crippen molar-refractivity contribution in [2.24, 2.45) is 5.73 Å². The summed E-state index contributed by atoms with van der Waals surface area (Å²) < 4.78 is 0. The van der Waals surface area contributed by atoms with Crippen molar-refractivity contribution in [3.05, 3.63) is 12.2 Å². The first-order chi connectivity index (χ1) is 7.22. The molecule has 0 aromatic carbocycles. The van der Waals surface area contributed by atoms with E-state index in [1.807, 2.05) is 6.07 Å². The van der Waals surface area contributed by atoms with Gasteiger partial charge in [-0.15, -0.1) is 15.0 Å². The largest absolute Gasteiger partial charge is 0.361 e. The number of carbonyl (C=O) groups is 1. The molecule has 0 saturated carbocycles. The van der Waals surface area contributed by atoms with Gasteiger partial charge in [0.1, 0.15) is 6.54 Å². The van der Waals surface area contributed by atoms with Crippen molar-refractivity contribution < 1.29 is 4.79 Å². The van der Waals surface area contributed by atoms with Crippen LogP contribution in [0.5, 0.6) is 0 Å². The van der Waals surface area contributed by atoms with Crippen LogP contribution in [0.4, 0.5) is 4.79 Å². The Kier molecular flexibility index (Phi) is 4.56. The fourth-order valence-electron chi connectivity index (χ4n) is 0.815. The lowest BCUT2D eigenvalue weighted by molar-refractivity contribution is 0.267. The van der Waals surface area contributed by atoms with Gasteiger partial charge in [0, 0.05) is 12.2 Å². The third-order valence-electron chi connectivity index (χ3n) is 1.37. The van der Waals surface area contributed by atoms with Crippen LogP contribution in [0.25, 0.3) is 0 Å². The van der Waals surface area contributed by atoms with Gasteiger partial charge in [-0.05, 0) is 11.6 Å². The molecule has 15 heavy (non-hydrogen) atoms. The molecular formula is C7H9N6OS. The molecule has 7 nitrogen and oxygen atoms in total. The van der Waals surface area contributed by atoms with Gasteiger partial charge in [0.15, 0.2) is 5.82 Å². The van der Waals surface area contributed by atoms with Gasteiger partial charge in [-0.3, -0.25) is 4.79 Å². The maximum Gasteiger partial charge on any atom is 0.276 e. The molecule has 1 amide bonds. The molecule has 1 heterocycles. The van der Waals surface area contributed by atoms with Gasteiger partial charge in [-0.25, -0.2) is 0 Å². The van der Waals surface area contributed by atoms with E-state index in [2.05, 4.69) is 15.4 Å². The standard InChI is InChI=1S/C7H9N6OS/c8-3-4-13-11-6(10-12-13)2-1-5-15-7(9)14/h2H,1,4-5H2,(H2,9,14). The van der Waals surface area contributed by atoms with Gasteiger partial charge in [-0.2, -0.15) is 5.26 Å². The minimum absolute atomic E-state index is 0.0802. The first-order valence-corrected chi connectivity index (χ1v) is 5.11. The van der Waals surface area contributed by atoms with E-state index in [1.165, 1.54) is 4.80 Å². The molecule has 0 fully saturated rings. The second-order valence-electron chi connectivity index (χ2n) is 2.50. The quantitative estimate of drug-likeness (QED) is 0.703. The number of tetrazole rings is 1. The Bertz CT molecular complexity index is 370. The van der Waals surface area contributed by atoms with Crippen LogP contribution in [0.3, 0.4) is 0 Å². The molecule has 0 unspecified atom stereocenters. The van der Waals surface area contributed by atoms with Gasteiger partial charge in [0.25, 0.3) is 5.24 Å². The highest BCUT2D eigenvalue weighted by atomic mass is 32.2. The SMILES string of the molecule is N#CCn1nnc([CH]CCSC(N)=O)n1. The Hall–Kier alpha value is -1.62. The number of thioether (sulfide) groups is 1. The maximum absolute atomic E-state index is 10.4. The zero-order valence-electron chi connectivity index (χ0n) is 7.83. The first-order valence-electron chi connectivity index (χ1n) is 4.12. The lowest BCUT2D eigenvalue weighted by Crippen LogP contribution is -2.03. The van der Waals surface area contributed by atoms with E-state index in [0.29, 0.717) is 18.0 Å².